The Morgan fingerprint density at radius 3 is 2.45 bits per heavy atom. The topological polar surface area (TPSA) is 81.4 Å². The van der Waals surface area contributed by atoms with E-state index in [0.717, 1.165) is 0 Å². The monoisotopic (exact) mass is 278 g/mol. The quantitative estimate of drug-likeness (QED) is 0.827. The fourth-order valence-electron chi connectivity index (χ4n) is 1.58. The first-order chi connectivity index (χ1) is 9.27. The van der Waals surface area contributed by atoms with Crippen LogP contribution in [0, 0.1) is 5.41 Å². The predicted molar refractivity (Wildman–Crippen MR) is 78.5 cm³/mol. The number of hydrogen-bond acceptors (Lipinski definition) is 4. The van der Waals surface area contributed by atoms with Crippen molar-refractivity contribution in [3.8, 4) is 0 Å². The summed E-state index contributed by atoms with van der Waals surface area (Å²) in [6.07, 6.45) is 0. The summed E-state index contributed by atoms with van der Waals surface area (Å²) >= 11 is 0. The largest absolute Gasteiger partial charge is 0.462 e. The first-order valence-electron chi connectivity index (χ1n) is 6.60. The minimum absolute atomic E-state index is 0.280. The summed E-state index contributed by atoms with van der Waals surface area (Å²) in [6, 6.07) is 6.04. The lowest BCUT2D eigenvalue weighted by atomic mass is 9.87. The van der Waals surface area contributed by atoms with Crippen LogP contribution in [0.2, 0.25) is 0 Å². The average molecular weight is 278 g/mol. The van der Waals surface area contributed by atoms with Gasteiger partial charge < -0.3 is 15.8 Å². The summed E-state index contributed by atoms with van der Waals surface area (Å²) in [5, 5.41) is 2.69. The SMILES string of the molecule is CCOC(=O)c1ccccc1NC(=O)C(N)C(C)(C)C. The van der Waals surface area contributed by atoms with E-state index in [1.807, 2.05) is 20.8 Å². The van der Waals surface area contributed by atoms with Crippen LogP contribution in [0.1, 0.15) is 38.1 Å². The molecule has 0 spiro atoms. The Hall–Kier alpha value is -1.88. The molecule has 0 saturated heterocycles. The van der Waals surface area contributed by atoms with Crippen molar-refractivity contribution in [1.82, 2.24) is 0 Å². The van der Waals surface area contributed by atoms with Gasteiger partial charge in [-0.1, -0.05) is 32.9 Å². The summed E-state index contributed by atoms with van der Waals surface area (Å²) in [5.74, 6) is -0.790. The normalized spacial score (nSPS) is 12.7. The van der Waals surface area contributed by atoms with Crippen molar-refractivity contribution in [2.24, 2.45) is 11.1 Å². The Kier molecular flexibility index (Phi) is 5.27. The lowest BCUT2D eigenvalue weighted by Gasteiger charge is -2.26. The van der Waals surface area contributed by atoms with Gasteiger partial charge in [0.15, 0.2) is 0 Å². The van der Waals surface area contributed by atoms with E-state index in [9.17, 15) is 9.59 Å². The Bertz CT molecular complexity index is 492. The number of nitrogens with one attached hydrogen (secondary N) is 1. The molecule has 5 heteroatoms. The standard InChI is InChI=1S/C15H22N2O3/c1-5-20-14(19)10-8-6-7-9-11(10)17-13(18)12(16)15(2,3)4/h6-9,12H,5,16H2,1-4H3,(H,17,18). The molecule has 1 unspecified atom stereocenters. The molecule has 0 aliphatic carbocycles. The van der Waals surface area contributed by atoms with Crippen LogP contribution in [0.3, 0.4) is 0 Å². The van der Waals surface area contributed by atoms with Gasteiger partial charge in [0.1, 0.15) is 0 Å². The molecule has 0 fully saturated rings. The van der Waals surface area contributed by atoms with E-state index in [4.69, 9.17) is 10.5 Å². The molecule has 0 aliphatic heterocycles. The van der Waals surface area contributed by atoms with E-state index in [0.29, 0.717) is 11.3 Å². The van der Waals surface area contributed by atoms with Crippen molar-refractivity contribution in [3.63, 3.8) is 0 Å². The lowest BCUT2D eigenvalue weighted by molar-refractivity contribution is -0.119. The fraction of sp³-hybridized carbons (Fsp3) is 0.467. The molecule has 0 aromatic heterocycles. The van der Waals surface area contributed by atoms with E-state index < -0.39 is 12.0 Å². The highest BCUT2D eigenvalue weighted by molar-refractivity contribution is 6.02. The van der Waals surface area contributed by atoms with Gasteiger partial charge in [-0.3, -0.25) is 4.79 Å². The second kappa shape index (κ2) is 6.52. The Labute approximate surface area is 119 Å². The predicted octanol–water partition coefficient (Wildman–Crippen LogP) is 2.18. The number of ether oxygens (including phenoxy) is 1. The molecule has 0 bridgehead atoms. The van der Waals surface area contributed by atoms with Crippen LogP contribution in [0.25, 0.3) is 0 Å². The van der Waals surface area contributed by atoms with Gasteiger partial charge in [-0.2, -0.15) is 0 Å². The number of para-hydroxylation sites is 1. The van der Waals surface area contributed by atoms with Crippen molar-refractivity contribution in [3.05, 3.63) is 29.8 Å². The fourth-order valence-corrected chi connectivity index (χ4v) is 1.58. The van der Waals surface area contributed by atoms with Crippen LogP contribution >= 0.6 is 0 Å². The number of esters is 1. The van der Waals surface area contributed by atoms with Gasteiger partial charge >= 0.3 is 5.97 Å². The Morgan fingerprint density at radius 1 is 1.30 bits per heavy atom. The molecule has 5 nitrogen and oxygen atoms in total. The van der Waals surface area contributed by atoms with Crippen LogP contribution < -0.4 is 11.1 Å². The molecule has 1 amide bonds. The molecular formula is C15H22N2O3. The first kappa shape index (κ1) is 16.2. The molecule has 1 rings (SSSR count). The van der Waals surface area contributed by atoms with Gasteiger partial charge in [-0.05, 0) is 24.5 Å². The van der Waals surface area contributed by atoms with Crippen LogP contribution in [-0.2, 0) is 9.53 Å². The molecule has 20 heavy (non-hydrogen) atoms. The van der Waals surface area contributed by atoms with Gasteiger partial charge in [-0.25, -0.2) is 4.79 Å². The smallest absolute Gasteiger partial charge is 0.340 e. The maximum atomic E-state index is 12.1. The summed E-state index contributed by atoms with van der Waals surface area (Å²) in [6.45, 7) is 7.66. The van der Waals surface area contributed by atoms with E-state index >= 15 is 0 Å². The zero-order valence-corrected chi connectivity index (χ0v) is 12.4. The van der Waals surface area contributed by atoms with E-state index in [2.05, 4.69) is 5.32 Å². The van der Waals surface area contributed by atoms with Gasteiger partial charge in [0.25, 0.3) is 0 Å². The highest BCUT2D eigenvalue weighted by atomic mass is 16.5. The third-order valence-corrected chi connectivity index (χ3v) is 2.90. The molecule has 0 saturated carbocycles. The lowest BCUT2D eigenvalue weighted by Crippen LogP contribution is -2.45. The number of carbonyl (C=O) groups excluding carboxylic acids is 2. The summed E-state index contributed by atoms with van der Waals surface area (Å²) in [4.78, 5) is 23.9. The molecule has 3 N–H and O–H groups in total. The number of nitrogens with two attached hydrogens (primary N) is 1. The Balaban J connectivity index is 2.93. The second-order valence-corrected chi connectivity index (χ2v) is 5.60. The maximum absolute atomic E-state index is 12.1. The Morgan fingerprint density at radius 2 is 1.90 bits per heavy atom. The molecule has 1 aromatic carbocycles. The minimum atomic E-state index is -0.669. The van der Waals surface area contributed by atoms with Crippen LogP contribution in [0.15, 0.2) is 24.3 Å². The van der Waals surface area contributed by atoms with E-state index in [-0.39, 0.29) is 17.9 Å². The van der Waals surface area contributed by atoms with Crippen molar-refractivity contribution in [2.75, 3.05) is 11.9 Å². The van der Waals surface area contributed by atoms with E-state index in [1.165, 1.54) is 0 Å². The summed E-state index contributed by atoms with van der Waals surface area (Å²) in [5.41, 5.74) is 6.28. The van der Waals surface area contributed by atoms with Crippen molar-refractivity contribution in [2.45, 2.75) is 33.7 Å². The third-order valence-electron chi connectivity index (χ3n) is 2.90. The third kappa shape index (κ3) is 4.06. The first-order valence-corrected chi connectivity index (χ1v) is 6.60. The van der Waals surface area contributed by atoms with Gasteiger partial charge in [0, 0.05) is 0 Å². The number of benzene rings is 1. The second-order valence-electron chi connectivity index (χ2n) is 5.60. The zero-order chi connectivity index (χ0) is 15.3. The number of rotatable bonds is 4. The van der Waals surface area contributed by atoms with Gasteiger partial charge in [0.05, 0.1) is 23.9 Å². The van der Waals surface area contributed by atoms with Crippen LogP contribution in [0.5, 0.6) is 0 Å². The summed E-state index contributed by atoms with van der Waals surface area (Å²) in [7, 11) is 0. The summed E-state index contributed by atoms with van der Waals surface area (Å²) < 4.78 is 4.96. The molecule has 0 heterocycles. The highest BCUT2D eigenvalue weighted by Crippen LogP contribution is 2.21. The van der Waals surface area contributed by atoms with Crippen molar-refractivity contribution >= 4 is 17.6 Å². The molecule has 110 valence electrons. The molecule has 1 aromatic rings. The van der Waals surface area contributed by atoms with Crippen LogP contribution in [-0.4, -0.2) is 24.5 Å². The molecular weight excluding hydrogens is 256 g/mol. The number of hydrogen-bond donors (Lipinski definition) is 2. The molecule has 1 atom stereocenters. The maximum Gasteiger partial charge on any atom is 0.340 e. The number of anilines is 1. The van der Waals surface area contributed by atoms with E-state index in [1.54, 1.807) is 31.2 Å². The minimum Gasteiger partial charge on any atom is -0.462 e. The van der Waals surface area contributed by atoms with Crippen LogP contribution in [0.4, 0.5) is 5.69 Å². The van der Waals surface area contributed by atoms with Crippen molar-refractivity contribution in [1.29, 1.82) is 0 Å². The zero-order valence-electron chi connectivity index (χ0n) is 12.4. The van der Waals surface area contributed by atoms with Crippen molar-refractivity contribution < 1.29 is 14.3 Å². The number of carbonyl (C=O) groups is 2. The molecule has 0 aliphatic rings. The van der Waals surface area contributed by atoms with Gasteiger partial charge in [0.2, 0.25) is 5.91 Å². The molecule has 0 radical (unpaired) electrons. The average Bonchev–Trinajstić information content (AvgIpc) is 2.37. The highest BCUT2D eigenvalue weighted by Gasteiger charge is 2.28. The number of amides is 1. The van der Waals surface area contributed by atoms with Gasteiger partial charge in [-0.15, -0.1) is 0 Å².